The molecule has 154 valence electrons. The van der Waals surface area contributed by atoms with Crippen LogP contribution in [-0.4, -0.2) is 49.0 Å². The molecule has 2 amide bonds. The van der Waals surface area contributed by atoms with Gasteiger partial charge in [-0.3, -0.25) is 9.59 Å². The summed E-state index contributed by atoms with van der Waals surface area (Å²) < 4.78 is 10.5. The predicted octanol–water partition coefficient (Wildman–Crippen LogP) is 2.49. The minimum atomic E-state index is -0.848. The van der Waals surface area contributed by atoms with Gasteiger partial charge in [0.25, 0.3) is 11.8 Å². The Hall–Kier alpha value is -3.00. The summed E-state index contributed by atoms with van der Waals surface area (Å²) in [6.07, 6.45) is 2.29. The summed E-state index contributed by atoms with van der Waals surface area (Å²) >= 11 is 1.54. The maximum atomic E-state index is 12.3. The molecule has 29 heavy (non-hydrogen) atoms. The third-order valence-electron chi connectivity index (χ3n) is 3.75. The van der Waals surface area contributed by atoms with Crippen molar-refractivity contribution in [3.05, 3.63) is 60.7 Å². The van der Waals surface area contributed by atoms with E-state index in [0.717, 1.165) is 0 Å². The van der Waals surface area contributed by atoms with Gasteiger partial charge < -0.3 is 20.1 Å². The van der Waals surface area contributed by atoms with Gasteiger partial charge in [-0.1, -0.05) is 36.4 Å². The van der Waals surface area contributed by atoms with Crippen molar-refractivity contribution < 1.29 is 23.9 Å². The van der Waals surface area contributed by atoms with E-state index in [0.29, 0.717) is 23.6 Å². The second-order valence-corrected chi connectivity index (χ2v) is 7.01. The summed E-state index contributed by atoms with van der Waals surface area (Å²) in [5.41, 5.74) is 0.610. The first-order chi connectivity index (χ1) is 14.1. The van der Waals surface area contributed by atoms with Crippen LogP contribution in [0, 0.1) is 0 Å². The van der Waals surface area contributed by atoms with Crippen molar-refractivity contribution >= 4 is 35.2 Å². The molecule has 0 fully saturated rings. The van der Waals surface area contributed by atoms with Crippen LogP contribution in [-0.2, 0) is 19.1 Å². The van der Waals surface area contributed by atoms with Crippen LogP contribution in [0.3, 0.4) is 0 Å². The van der Waals surface area contributed by atoms with Gasteiger partial charge in [0, 0.05) is 5.69 Å². The highest BCUT2D eigenvalue weighted by Gasteiger charge is 2.23. The normalized spacial score (nSPS) is 11.2. The fourth-order valence-corrected chi connectivity index (χ4v) is 2.81. The van der Waals surface area contributed by atoms with E-state index < -0.39 is 30.4 Å². The van der Waals surface area contributed by atoms with Crippen LogP contribution in [0.2, 0.25) is 0 Å². The summed E-state index contributed by atoms with van der Waals surface area (Å²) in [6, 6.07) is 16.9. The standard InChI is InChI=1S/C21H24N2O5S/c1-29-13-12-18(23-20(25)14-27-17-10-6-3-7-11-17)21(26)28-15-19(24)22-16-8-4-2-5-9-16/h2-11,18H,12-15H2,1H3,(H,22,24)(H,23,25)/t18-/m1/s1. The molecule has 1 atom stereocenters. The molecule has 0 saturated carbocycles. The average molecular weight is 416 g/mol. The molecule has 0 aromatic heterocycles. The lowest BCUT2D eigenvalue weighted by Crippen LogP contribution is -2.44. The van der Waals surface area contributed by atoms with Gasteiger partial charge >= 0.3 is 5.97 Å². The van der Waals surface area contributed by atoms with Gasteiger partial charge in [-0.25, -0.2) is 4.79 Å². The van der Waals surface area contributed by atoms with Crippen molar-refractivity contribution in [1.82, 2.24) is 5.32 Å². The van der Waals surface area contributed by atoms with Gasteiger partial charge in [0.05, 0.1) is 0 Å². The van der Waals surface area contributed by atoms with Crippen LogP contribution >= 0.6 is 11.8 Å². The largest absolute Gasteiger partial charge is 0.484 e. The average Bonchev–Trinajstić information content (AvgIpc) is 2.75. The fraction of sp³-hybridized carbons (Fsp3) is 0.286. The van der Waals surface area contributed by atoms with Crippen molar-refractivity contribution in [3.63, 3.8) is 0 Å². The maximum Gasteiger partial charge on any atom is 0.329 e. The second kappa shape index (κ2) is 12.5. The Morgan fingerprint density at radius 3 is 2.24 bits per heavy atom. The summed E-state index contributed by atoms with van der Waals surface area (Å²) in [4.78, 5) is 36.4. The quantitative estimate of drug-likeness (QED) is 0.547. The fourth-order valence-electron chi connectivity index (χ4n) is 2.34. The van der Waals surface area contributed by atoms with Crippen molar-refractivity contribution in [3.8, 4) is 5.75 Å². The minimum Gasteiger partial charge on any atom is -0.484 e. The number of anilines is 1. The van der Waals surface area contributed by atoms with Gasteiger partial charge in [0.2, 0.25) is 0 Å². The SMILES string of the molecule is CSCC[C@@H](NC(=O)COc1ccccc1)C(=O)OCC(=O)Nc1ccccc1. The first-order valence-electron chi connectivity index (χ1n) is 9.06. The van der Waals surface area contributed by atoms with Crippen LogP contribution < -0.4 is 15.4 Å². The molecule has 2 N–H and O–H groups in total. The molecule has 0 spiro atoms. The van der Waals surface area contributed by atoms with Gasteiger partial charge in [0.15, 0.2) is 13.2 Å². The Kier molecular flexibility index (Phi) is 9.57. The van der Waals surface area contributed by atoms with E-state index in [1.807, 2.05) is 18.4 Å². The monoisotopic (exact) mass is 416 g/mol. The van der Waals surface area contributed by atoms with Crippen LogP contribution in [0.5, 0.6) is 5.75 Å². The maximum absolute atomic E-state index is 12.3. The molecule has 0 aliphatic carbocycles. The number of thioether (sulfide) groups is 1. The van der Waals surface area contributed by atoms with E-state index in [4.69, 9.17) is 9.47 Å². The zero-order valence-electron chi connectivity index (χ0n) is 16.1. The van der Waals surface area contributed by atoms with Crippen LogP contribution in [0.1, 0.15) is 6.42 Å². The molecule has 7 nitrogen and oxygen atoms in total. The van der Waals surface area contributed by atoms with E-state index in [9.17, 15) is 14.4 Å². The molecule has 0 aliphatic rings. The molecule has 0 saturated heterocycles. The van der Waals surface area contributed by atoms with E-state index in [1.165, 1.54) is 0 Å². The Labute approximate surface area is 174 Å². The van der Waals surface area contributed by atoms with E-state index >= 15 is 0 Å². The van der Waals surface area contributed by atoms with E-state index in [-0.39, 0.29) is 6.61 Å². The highest BCUT2D eigenvalue weighted by atomic mass is 32.2. The number of ether oxygens (including phenoxy) is 2. The lowest BCUT2D eigenvalue weighted by Gasteiger charge is -2.17. The number of esters is 1. The third kappa shape index (κ3) is 8.69. The van der Waals surface area contributed by atoms with Gasteiger partial charge in [-0.2, -0.15) is 11.8 Å². The summed E-state index contributed by atoms with van der Waals surface area (Å²) in [7, 11) is 0. The number of hydrogen-bond donors (Lipinski definition) is 2. The third-order valence-corrected chi connectivity index (χ3v) is 4.39. The smallest absolute Gasteiger partial charge is 0.329 e. The zero-order chi connectivity index (χ0) is 20.9. The molecular formula is C21H24N2O5S. The van der Waals surface area contributed by atoms with Crippen molar-refractivity contribution in [1.29, 1.82) is 0 Å². The Balaban J connectivity index is 1.81. The van der Waals surface area contributed by atoms with E-state index in [2.05, 4.69) is 10.6 Å². The number of carbonyl (C=O) groups is 3. The first kappa shape index (κ1) is 22.3. The Morgan fingerprint density at radius 2 is 1.59 bits per heavy atom. The highest BCUT2D eigenvalue weighted by molar-refractivity contribution is 7.98. The van der Waals surface area contributed by atoms with Gasteiger partial charge in [-0.05, 0) is 42.7 Å². The first-order valence-corrected chi connectivity index (χ1v) is 10.5. The molecule has 2 rings (SSSR count). The minimum absolute atomic E-state index is 0.221. The van der Waals surface area contributed by atoms with Gasteiger partial charge in [-0.15, -0.1) is 0 Å². The number of rotatable bonds is 11. The van der Waals surface area contributed by atoms with Crippen LogP contribution in [0.15, 0.2) is 60.7 Å². The number of hydrogen-bond acceptors (Lipinski definition) is 6. The summed E-state index contributed by atoms with van der Waals surface area (Å²) in [5.74, 6) is -0.341. The van der Waals surface area contributed by atoms with Gasteiger partial charge in [0.1, 0.15) is 11.8 Å². The van der Waals surface area contributed by atoms with Crippen molar-refractivity contribution in [2.45, 2.75) is 12.5 Å². The van der Waals surface area contributed by atoms with Crippen molar-refractivity contribution in [2.75, 3.05) is 30.5 Å². The van der Waals surface area contributed by atoms with Crippen LogP contribution in [0.4, 0.5) is 5.69 Å². The zero-order valence-corrected chi connectivity index (χ0v) is 16.9. The van der Waals surface area contributed by atoms with E-state index in [1.54, 1.807) is 60.3 Å². The lowest BCUT2D eigenvalue weighted by molar-refractivity contribution is -0.150. The summed E-state index contributed by atoms with van der Waals surface area (Å²) in [6.45, 7) is -0.651. The molecule has 0 unspecified atom stereocenters. The number of nitrogens with one attached hydrogen (secondary N) is 2. The Bertz CT molecular complexity index is 786. The topological polar surface area (TPSA) is 93.7 Å². The molecule has 0 heterocycles. The summed E-state index contributed by atoms with van der Waals surface area (Å²) in [5, 5.41) is 5.24. The molecule has 2 aromatic carbocycles. The molecule has 0 aliphatic heterocycles. The molecule has 0 radical (unpaired) electrons. The molecule has 2 aromatic rings. The number of carbonyl (C=O) groups excluding carboxylic acids is 3. The molecular weight excluding hydrogens is 392 g/mol. The lowest BCUT2D eigenvalue weighted by atomic mass is 10.2. The number of amides is 2. The van der Waals surface area contributed by atoms with Crippen molar-refractivity contribution in [2.24, 2.45) is 0 Å². The van der Waals surface area contributed by atoms with Crippen LogP contribution in [0.25, 0.3) is 0 Å². The second-order valence-electron chi connectivity index (χ2n) is 6.03. The number of para-hydroxylation sites is 2. The molecule has 0 bridgehead atoms. The number of benzene rings is 2. The highest BCUT2D eigenvalue weighted by Crippen LogP contribution is 2.09. The predicted molar refractivity (Wildman–Crippen MR) is 113 cm³/mol. The molecule has 8 heteroatoms. The Morgan fingerprint density at radius 1 is 0.931 bits per heavy atom.